The monoisotopic (exact) mass is 466 g/mol. The second-order valence-corrected chi connectivity index (χ2v) is 8.32. The van der Waals surface area contributed by atoms with Gasteiger partial charge in [-0.2, -0.15) is 31.0 Å². The molecule has 31 heavy (non-hydrogen) atoms. The third-order valence-corrected chi connectivity index (χ3v) is 5.10. The molecule has 3 aromatic rings. The smallest absolute Gasteiger partial charge is 0.416 e. The van der Waals surface area contributed by atoms with Gasteiger partial charge in [0.15, 0.2) is 15.7 Å². The number of alkyl halides is 6. The van der Waals surface area contributed by atoms with Gasteiger partial charge in [0.25, 0.3) is 0 Å². The number of rotatable bonds is 5. The van der Waals surface area contributed by atoms with E-state index in [1.54, 1.807) is 0 Å². The van der Waals surface area contributed by atoms with Crippen LogP contribution < -0.4 is 4.74 Å². The Labute approximate surface area is 171 Å². The second kappa shape index (κ2) is 7.83. The van der Waals surface area contributed by atoms with Gasteiger partial charge >= 0.3 is 12.4 Å². The summed E-state index contributed by atoms with van der Waals surface area (Å²) in [6.45, 7) is -0.556. The lowest BCUT2D eigenvalue weighted by Crippen LogP contribution is -2.12. The SMILES string of the molecule is CS(=O)(=O)c1ccc(-n2nnnc2COc2cc(C(F)(F)F)cc(C(F)(F)F)c2)cc1. The van der Waals surface area contributed by atoms with E-state index in [9.17, 15) is 34.8 Å². The lowest BCUT2D eigenvalue weighted by molar-refractivity contribution is -0.143. The minimum Gasteiger partial charge on any atom is -0.486 e. The molecule has 7 nitrogen and oxygen atoms in total. The van der Waals surface area contributed by atoms with E-state index in [-0.39, 0.29) is 16.8 Å². The normalized spacial score (nSPS) is 12.7. The minimum absolute atomic E-state index is 0.0136. The van der Waals surface area contributed by atoms with Crippen LogP contribution in [0.1, 0.15) is 17.0 Å². The summed E-state index contributed by atoms with van der Waals surface area (Å²) < 4.78 is 107. The van der Waals surface area contributed by atoms with Gasteiger partial charge in [-0.05, 0) is 52.9 Å². The highest BCUT2D eigenvalue weighted by Crippen LogP contribution is 2.38. The molecule has 14 heteroatoms. The van der Waals surface area contributed by atoms with Crippen molar-refractivity contribution in [1.82, 2.24) is 20.2 Å². The van der Waals surface area contributed by atoms with Gasteiger partial charge in [-0.1, -0.05) is 0 Å². The maximum atomic E-state index is 12.9. The predicted octanol–water partition coefficient (Wildman–Crippen LogP) is 3.68. The summed E-state index contributed by atoms with van der Waals surface area (Å²) in [4.78, 5) is 0.0331. The van der Waals surface area contributed by atoms with Crippen LogP contribution in [0.3, 0.4) is 0 Å². The van der Waals surface area contributed by atoms with Gasteiger partial charge in [0.1, 0.15) is 12.4 Å². The maximum Gasteiger partial charge on any atom is 0.416 e. The summed E-state index contributed by atoms with van der Waals surface area (Å²) in [5.74, 6) is -0.720. The number of benzene rings is 2. The number of halogens is 6. The fraction of sp³-hybridized carbons (Fsp3) is 0.235. The first-order valence-corrected chi connectivity index (χ1v) is 10.1. The van der Waals surface area contributed by atoms with Gasteiger partial charge in [0, 0.05) is 6.26 Å². The van der Waals surface area contributed by atoms with Gasteiger partial charge in [0.2, 0.25) is 0 Å². The molecule has 1 heterocycles. The average molecular weight is 466 g/mol. The number of hydrogen-bond acceptors (Lipinski definition) is 6. The lowest BCUT2D eigenvalue weighted by atomic mass is 10.1. The Hall–Kier alpha value is -3.16. The molecule has 0 aliphatic heterocycles. The number of tetrazole rings is 1. The van der Waals surface area contributed by atoms with Crippen LogP contribution in [0, 0.1) is 0 Å². The van der Waals surface area contributed by atoms with Crippen molar-refractivity contribution in [2.45, 2.75) is 23.9 Å². The third kappa shape index (κ3) is 5.31. The fourth-order valence-electron chi connectivity index (χ4n) is 2.49. The first-order chi connectivity index (χ1) is 14.2. The van der Waals surface area contributed by atoms with Gasteiger partial charge < -0.3 is 4.74 Å². The highest BCUT2D eigenvalue weighted by atomic mass is 32.2. The Morgan fingerprint density at radius 3 is 1.97 bits per heavy atom. The van der Waals surface area contributed by atoms with E-state index in [4.69, 9.17) is 4.74 Å². The summed E-state index contributed by atoms with van der Waals surface area (Å²) in [5.41, 5.74) is -2.74. The molecule has 2 aromatic carbocycles. The minimum atomic E-state index is -5.01. The summed E-state index contributed by atoms with van der Waals surface area (Å²) in [6, 6.07) is 6.19. The summed E-state index contributed by atoms with van der Waals surface area (Å²) in [5, 5.41) is 10.7. The molecule has 0 saturated carbocycles. The molecule has 0 fully saturated rings. The van der Waals surface area contributed by atoms with Gasteiger partial charge in [0.05, 0.1) is 21.7 Å². The molecular formula is C17H12F6N4O3S. The molecule has 166 valence electrons. The third-order valence-electron chi connectivity index (χ3n) is 3.97. The molecule has 0 aliphatic carbocycles. The summed E-state index contributed by atoms with van der Waals surface area (Å²) in [7, 11) is -3.45. The van der Waals surface area contributed by atoms with Gasteiger partial charge in [-0.25, -0.2) is 8.42 Å². The Morgan fingerprint density at radius 2 is 1.48 bits per heavy atom. The van der Waals surface area contributed by atoms with E-state index < -0.39 is 45.7 Å². The van der Waals surface area contributed by atoms with Crippen LogP contribution in [0.4, 0.5) is 26.3 Å². The Balaban J connectivity index is 1.87. The number of aromatic nitrogens is 4. The van der Waals surface area contributed by atoms with Crippen molar-refractivity contribution in [1.29, 1.82) is 0 Å². The van der Waals surface area contributed by atoms with E-state index >= 15 is 0 Å². The van der Waals surface area contributed by atoms with E-state index in [2.05, 4.69) is 15.5 Å². The number of nitrogens with zero attached hydrogens (tertiary/aromatic N) is 4. The molecule has 0 saturated heterocycles. The van der Waals surface area contributed by atoms with Crippen molar-refractivity contribution in [3.05, 3.63) is 59.4 Å². The Bertz CT molecular complexity index is 1160. The largest absolute Gasteiger partial charge is 0.486 e. The van der Waals surface area contributed by atoms with Crippen molar-refractivity contribution < 1.29 is 39.5 Å². The molecule has 3 rings (SSSR count). The van der Waals surface area contributed by atoms with Gasteiger partial charge in [-0.3, -0.25) is 0 Å². The Morgan fingerprint density at radius 1 is 0.935 bits per heavy atom. The van der Waals surface area contributed by atoms with E-state index in [0.29, 0.717) is 17.8 Å². The topological polar surface area (TPSA) is 87.0 Å². The molecule has 0 unspecified atom stereocenters. The summed E-state index contributed by atoms with van der Waals surface area (Å²) >= 11 is 0. The molecule has 0 spiro atoms. The highest BCUT2D eigenvalue weighted by molar-refractivity contribution is 7.90. The maximum absolute atomic E-state index is 12.9. The standard InChI is InChI=1S/C17H12F6N4O3S/c1-31(28,29)14-4-2-12(3-5-14)27-15(24-25-26-27)9-30-13-7-10(16(18,19)20)6-11(8-13)17(21,22)23/h2-8H,9H2,1H3. The van der Waals surface area contributed by atoms with Crippen LogP contribution in [-0.2, 0) is 28.8 Å². The number of ether oxygens (including phenoxy) is 1. The van der Waals surface area contributed by atoms with Crippen molar-refractivity contribution in [3.63, 3.8) is 0 Å². The zero-order valence-corrected chi connectivity index (χ0v) is 16.3. The average Bonchev–Trinajstić information content (AvgIpc) is 3.13. The number of sulfone groups is 1. The van der Waals surface area contributed by atoms with Crippen LogP contribution in [-0.4, -0.2) is 34.9 Å². The first-order valence-electron chi connectivity index (χ1n) is 8.25. The van der Waals surface area contributed by atoms with E-state index in [1.165, 1.54) is 24.3 Å². The number of hydrogen-bond donors (Lipinski definition) is 0. The Kier molecular flexibility index (Phi) is 5.69. The van der Waals surface area contributed by atoms with Crippen molar-refractivity contribution in [3.8, 4) is 11.4 Å². The molecule has 0 amide bonds. The van der Waals surface area contributed by atoms with Crippen LogP contribution in [0.2, 0.25) is 0 Å². The van der Waals surface area contributed by atoms with Crippen molar-refractivity contribution in [2.24, 2.45) is 0 Å². The molecule has 0 atom stereocenters. The second-order valence-electron chi connectivity index (χ2n) is 6.30. The molecule has 0 aliphatic rings. The van der Waals surface area contributed by atoms with E-state index in [1.807, 2.05) is 0 Å². The van der Waals surface area contributed by atoms with E-state index in [0.717, 1.165) is 10.9 Å². The molecule has 0 N–H and O–H groups in total. The van der Waals surface area contributed by atoms with Crippen LogP contribution in [0.5, 0.6) is 5.75 Å². The van der Waals surface area contributed by atoms with Crippen LogP contribution >= 0.6 is 0 Å². The van der Waals surface area contributed by atoms with Crippen LogP contribution in [0.25, 0.3) is 5.69 Å². The van der Waals surface area contributed by atoms with Gasteiger partial charge in [-0.15, -0.1) is 5.10 Å². The quantitative estimate of drug-likeness (QED) is 0.534. The predicted molar refractivity (Wildman–Crippen MR) is 93.0 cm³/mol. The fourth-order valence-corrected chi connectivity index (χ4v) is 3.12. The van der Waals surface area contributed by atoms with Crippen molar-refractivity contribution in [2.75, 3.05) is 6.26 Å². The first kappa shape index (κ1) is 22.5. The lowest BCUT2D eigenvalue weighted by Gasteiger charge is -2.14. The molecule has 0 radical (unpaired) electrons. The summed E-state index contributed by atoms with van der Waals surface area (Å²) in [6.07, 6.45) is -9.01. The zero-order valence-electron chi connectivity index (χ0n) is 15.4. The highest BCUT2D eigenvalue weighted by Gasteiger charge is 2.37. The zero-order chi connectivity index (χ0) is 23.0. The molecular weight excluding hydrogens is 454 g/mol. The van der Waals surface area contributed by atoms with Crippen molar-refractivity contribution >= 4 is 9.84 Å². The molecule has 1 aromatic heterocycles. The van der Waals surface area contributed by atoms with Crippen LogP contribution in [0.15, 0.2) is 47.4 Å². The molecule has 0 bridgehead atoms.